The third-order valence-corrected chi connectivity index (χ3v) is 4.66. The Morgan fingerprint density at radius 1 is 0.893 bits per heavy atom. The minimum absolute atomic E-state index is 0.171. The molecule has 0 bridgehead atoms. The van der Waals surface area contributed by atoms with Gasteiger partial charge in [0.15, 0.2) is 5.78 Å². The number of Topliss-reactive ketones (excluding diaryl/α,β-unsaturated/α-hetero) is 1. The minimum atomic E-state index is -0.637. The number of ketones is 1. The van der Waals surface area contributed by atoms with Gasteiger partial charge in [-0.1, -0.05) is 42.5 Å². The number of rotatable bonds is 8. The van der Waals surface area contributed by atoms with Crippen molar-refractivity contribution in [2.24, 2.45) is 0 Å². The van der Waals surface area contributed by atoms with Crippen molar-refractivity contribution in [3.05, 3.63) is 65.7 Å². The van der Waals surface area contributed by atoms with Crippen LogP contribution in [0.15, 0.2) is 54.6 Å². The molecular weight excluding hydrogens is 356 g/mol. The smallest absolute Gasteiger partial charge is 0.195 e. The predicted molar refractivity (Wildman–Crippen MR) is 109 cm³/mol. The van der Waals surface area contributed by atoms with Crippen molar-refractivity contribution in [2.45, 2.75) is 19.6 Å². The van der Waals surface area contributed by atoms with Gasteiger partial charge >= 0.3 is 0 Å². The van der Waals surface area contributed by atoms with Gasteiger partial charge in [-0.2, -0.15) is 0 Å². The zero-order valence-corrected chi connectivity index (χ0v) is 16.5. The van der Waals surface area contributed by atoms with Crippen molar-refractivity contribution < 1.29 is 23.7 Å². The number of hydrogen-bond donors (Lipinski definition) is 0. The molecule has 0 aliphatic carbocycles. The molecule has 1 atom stereocenters. The molecule has 0 radical (unpaired) electrons. The number of fused-ring (bicyclic) bond motifs is 1. The molecule has 0 heterocycles. The van der Waals surface area contributed by atoms with Gasteiger partial charge in [0, 0.05) is 5.39 Å². The number of hydrogen-bond acceptors (Lipinski definition) is 5. The van der Waals surface area contributed by atoms with Crippen molar-refractivity contribution in [1.29, 1.82) is 0 Å². The van der Waals surface area contributed by atoms with E-state index in [1.54, 1.807) is 34.3 Å². The molecule has 0 aromatic heterocycles. The van der Waals surface area contributed by atoms with E-state index in [1.165, 1.54) is 0 Å². The first-order valence-corrected chi connectivity index (χ1v) is 9.02. The SMILES string of the molecule is COc1c(C(=O)[C@@H](C)OCc2ccccc2)cc(OC)c2c(OC)cccc12. The molecule has 0 amide bonds. The predicted octanol–water partition coefficient (Wildman–Crippen LogP) is 4.65. The molecule has 3 aromatic carbocycles. The van der Waals surface area contributed by atoms with Crippen LogP contribution in [0, 0.1) is 0 Å². The van der Waals surface area contributed by atoms with Gasteiger partial charge in [0.2, 0.25) is 0 Å². The highest BCUT2D eigenvalue weighted by Gasteiger charge is 2.25. The van der Waals surface area contributed by atoms with E-state index in [0.29, 0.717) is 29.4 Å². The third-order valence-electron chi connectivity index (χ3n) is 4.66. The van der Waals surface area contributed by atoms with Gasteiger partial charge < -0.3 is 18.9 Å². The first-order valence-electron chi connectivity index (χ1n) is 9.02. The zero-order valence-electron chi connectivity index (χ0n) is 16.5. The van der Waals surface area contributed by atoms with Crippen LogP contribution in [0.2, 0.25) is 0 Å². The number of methoxy groups -OCH3 is 3. The van der Waals surface area contributed by atoms with Gasteiger partial charge in [0.05, 0.1) is 38.9 Å². The monoisotopic (exact) mass is 380 g/mol. The van der Waals surface area contributed by atoms with Crippen LogP contribution in [-0.4, -0.2) is 33.2 Å². The van der Waals surface area contributed by atoms with E-state index in [1.807, 2.05) is 48.5 Å². The molecule has 0 N–H and O–H groups in total. The second kappa shape index (κ2) is 8.76. The molecule has 5 nitrogen and oxygen atoms in total. The van der Waals surface area contributed by atoms with Crippen LogP contribution in [0.25, 0.3) is 10.8 Å². The lowest BCUT2D eigenvalue weighted by atomic mass is 9.98. The summed E-state index contributed by atoms with van der Waals surface area (Å²) in [6.07, 6.45) is -0.637. The molecule has 5 heteroatoms. The summed E-state index contributed by atoms with van der Waals surface area (Å²) >= 11 is 0. The van der Waals surface area contributed by atoms with E-state index >= 15 is 0 Å². The standard InChI is InChI=1S/C23H24O5/c1-15(28-14-16-9-6-5-7-10-16)22(24)18-13-20(26-3)21-17(23(18)27-4)11-8-12-19(21)25-2/h5-13,15H,14H2,1-4H3/t15-/m1/s1. The maximum Gasteiger partial charge on any atom is 0.195 e. The van der Waals surface area contributed by atoms with Crippen molar-refractivity contribution in [2.75, 3.05) is 21.3 Å². The maximum atomic E-state index is 13.1. The summed E-state index contributed by atoms with van der Waals surface area (Å²) in [6, 6.07) is 17.0. The van der Waals surface area contributed by atoms with E-state index in [2.05, 4.69) is 0 Å². The lowest BCUT2D eigenvalue weighted by Gasteiger charge is -2.18. The van der Waals surface area contributed by atoms with Gasteiger partial charge in [0.25, 0.3) is 0 Å². The number of ether oxygens (including phenoxy) is 4. The van der Waals surface area contributed by atoms with Crippen molar-refractivity contribution in [3.8, 4) is 17.2 Å². The molecule has 3 rings (SSSR count). The van der Waals surface area contributed by atoms with Gasteiger partial charge in [-0.15, -0.1) is 0 Å². The van der Waals surface area contributed by atoms with Crippen molar-refractivity contribution in [3.63, 3.8) is 0 Å². The molecule has 0 fully saturated rings. The number of benzene rings is 3. The Morgan fingerprint density at radius 3 is 2.25 bits per heavy atom. The first-order chi connectivity index (χ1) is 13.6. The lowest BCUT2D eigenvalue weighted by Crippen LogP contribution is -2.21. The molecule has 3 aromatic rings. The Bertz CT molecular complexity index is 966. The molecule has 0 aliphatic heterocycles. The van der Waals surface area contributed by atoms with Crippen LogP contribution < -0.4 is 14.2 Å². The summed E-state index contributed by atoms with van der Waals surface area (Å²) in [5.41, 5.74) is 1.43. The van der Waals surface area contributed by atoms with E-state index in [9.17, 15) is 4.79 Å². The zero-order chi connectivity index (χ0) is 20.1. The highest BCUT2D eigenvalue weighted by Crippen LogP contribution is 2.42. The molecule has 146 valence electrons. The van der Waals surface area contributed by atoms with Crippen LogP contribution in [0.3, 0.4) is 0 Å². The van der Waals surface area contributed by atoms with Crippen molar-refractivity contribution >= 4 is 16.6 Å². The summed E-state index contributed by atoms with van der Waals surface area (Å²) in [7, 11) is 4.71. The highest BCUT2D eigenvalue weighted by molar-refractivity contribution is 6.10. The van der Waals surface area contributed by atoms with Crippen LogP contribution in [-0.2, 0) is 11.3 Å². The van der Waals surface area contributed by atoms with Gasteiger partial charge in [0.1, 0.15) is 23.4 Å². The molecule has 0 unspecified atom stereocenters. The average molecular weight is 380 g/mol. The Labute approximate surface area is 164 Å². The molecule has 0 saturated carbocycles. The largest absolute Gasteiger partial charge is 0.496 e. The van der Waals surface area contributed by atoms with E-state index in [-0.39, 0.29) is 5.78 Å². The summed E-state index contributed by atoms with van der Waals surface area (Å²) in [5.74, 6) is 1.51. The molecule has 0 aliphatic rings. The summed E-state index contributed by atoms with van der Waals surface area (Å²) < 4.78 is 22.4. The molecule has 0 spiro atoms. The Kier molecular flexibility index (Phi) is 6.16. The van der Waals surface area contributed by atoms with Crippen molar-refractivity contribution in [1.82, 2.24) is 0 Å². The van der Waals surface area contributed by atoms with Gasteiger partial charge in [-0.25, -0.2) is 0 Å². The average Bonchev–Trinajstić information content (AvgIpc) is 2.75. The van der Waals surface area contributed by atoms with E-state index < -0.39 is 6.10 Å². The second-order valence-corrected chi connectivity index (χ2v) is 6.35. The maximum absolute atomic E-state index is 13.1. The van der Waals surface area contributed by atoms with Gasteiger partial charge in [-0.3, -0.25) is 4.79 Å². The topological polar surface area (TPSA) is 54.0 Å². The number of carbonyl (C=O) groups is 1. The highest BCUT2D eigenvalue weighted by atomic mass is 16.5. The Morgan fingerprint density at radius 2 is 1.61 bits per heavy atom. The molecule has 0 saturated heterocycles. The van der Waals surface area contributed by atoms with Crippen LogP contribution in [0.1, 0.15) is 22.8 Å². The summed E-state index contributed by atoms with van der Waals surface area (Å²) in [4.78, 5) is 13.1. The van der Waals surface area contributed by atoms with Crippen LogP contribution >= 0.6 is 0 Å². The first kappa shape index (κ1) is 19.7. The Hall–Kier alpha value is -3.05. The summed E-state index contributed by atoms with van der Waals surface area (Å²) in [6.45, 7) is 2.10. The van der Waals surface area contributed by atoms with Crippen LogP contribution in [0.5, 0.6) is 17.2 Å². The molecular formula is C23H24O5. The Balaban J connectivity index is 1.98. The van der Waals surface area contributed by atoms with Crippen LogP contribution in [0.4, 0.5) is 0 Å². The van der Waals surface area contributed by atoms with Gasteiger partial charge in [-0.05, 0) is 24.6 Å². The fraction of sp³-hybridized carbons (Fsp3) is 0.261. The third kappa shape index (κ3) is 3.80. The lowest BCUT2D eigenvalue weighted by molar-refractivity contribution is 0.0410. The normalized spacial score (nSPS) is 11.9. The van der Waals surface area contributed by atoms with E-state index in [0.717, 1.165) is 16.3 Å². The molecule has 28 heavy (non-hydrogen) atoms. The van der Waals surface area contributed by atoms with E-state index in [4.69, 9.17) is 18.9 Å². The number of carbonyl (C=O) groups excluding carboxylic acids is 1. The fourth-order valence-electron chi connectivity index (χ4n) is 3.21. The minimum Gasteiger partial charge on any atom is -0.496 e. The quantitative estimate of drug-likeness (QED) is 0.532. The second-order valence-electron chi connectivity index (χ2n) is 6.35. The summed E-state index contributed by atoms with van der Waals surface area (Å²) in [5, 5.41) is 1.51. The fourth-order valence-corrected chi connectivity index (χ4v) is 3.21.